The first-order chi connectivity index (χ1) is 18.0. The van der Waals surface area contributed by atoms with Crippen LogP contribution in [0.5, 0.6) is 0 Å². The van der Waals surface area contributed by atoms with Gasteiger partial charge in [-0.3, -0.25) is 14.4 Å². The highest BCUT2D eigenvalue weighted by atomic mass is 16.2. The molecule has 3 aromatic carbocycles. The molecule has 3 amide bonds. The molecule has 0 spiro atoms. The van der Waals surface area contributed by atoms with Gasteiger partial charge in [0, 0.05) is 19.5 Å². The van der Waals surface area contributed by atoms with Crippen LogP contribution in [0.3, 0.4) is 0 Å². The van der Waals surface area contributed by atoms with Crippen LogP contribution in [0.1, 0.15) is 48.8 Å². The average Bonchev–Trinajstić information content (AvgIpc) is 3.64. The number of hydrogen-bond donors (Lipinski definition) is 1. The van der Waals surface area contributed by atoms with Gasteiger partial charge in [0.1, 0.15) is 12.1 Å². The molecule has 2 atom stereocenters. The van der Waals surface area contributed by atoms with E-state index in [9.17, 15) is 14.4 Å². The molecule has 2 unspecified atom stereocenters. The van der Waals surface area contributed by atoms with Gasteiger partial charge >= 0.3 is 0 Å². The lowest BCUT2D eigenvalue weighted by molar-refractivity contribution is -0.146. The summed E-state index contributed by atoms with van der Waals surface area (Å²) in [5.74, 6) is -0.697. The van der Waals surface area contributed by atoms with Gasteiger partial charge in [-0.2, -0.15) is 0 Å². The summed E-state index contributed by atoms with van der Waals surface area (Å²) in [6.07, 6.45) is 2.88. The maximum Gasteiger partial charge on any atom is 0.246 e. The second-order valence-electron chi connectivity index (χ2n) is 10.0. The van der Waals surface area contributed by atoms with E-state index in [-0.39, 0.29) is 18.2 Å². The monoisotopic (exact) mass is 495 g/mol. The van der Waals surface area contributed by atoms with Gasteiger partial charge in [-0.15, -0.1) is 0 Å². The Morgan fingerprint density at radius 1 is 0.676 bits per heavy atom. The van der Waals surface area contributed by atoms with Crippen LogP contribution >= 0.6 is 0 Å². The van der Waals surface area contributed by atoms with Gasteiger partial charge in [0.25, 0.3) is 0 Å². The Balaban J connectivity index is 1.53. The Hall–Kier alpha value is -3.93. The number of primary amides is 1. The van der Waals surface area contributed by atoms with Crippen molar-refractivity contribution < 1.29 is 14.4 Å². The van der Waals surface area contributed by atoms with Gasteiger partial charge in [-0.05, 0) is 42.4 Å². The Kier molecular flexibility index (Phi) is 7.08. The first kappa shape index (κ1) is 24.8. The van der Waals surface area contributed by atoms with Crippen LogP contribution in [-0.4, -0.2) is 52.7 Å². The summed E-state index contributed by atoms with van der Waals surface area (Å²) >= 11 is 0. The van der Waals surface area contributed by atoms with E-state index in [4.69, 9.17) is 5.73 Å². The first-order valence-corrected chi connectivity index (χ1v) is 13.1. The molecule has 2 heterocycles. The number of hydrogen-bond acceptors (Lipinski definition) is 3. The molecule has 0 aliphatic carbocycles. The van der Waals surface area contributed by atoms with Crippen LogP contribution in [0.2, 0.25) is 0 Å². The van der Waals surface area contributed by atoms with Gasteiger partial charge in [0.2, 0.25) is 17.7 Å². The van der Waals surface area contributed by atoms with E-state index in [1.807, 2.05) is 54.6 Å². The molecule has 3 aromatic rings. The third-order valence-corrected chi connectivity index (χ3v) is 7.94. The van der Waals surface area contributed by atoms with Crippen molar-refractivity contribution in [1.82, 2.24) is 9.80 Å². The van der Waals surface area contributed by atoms with Crippen LogP contribution in [0.4, 0.5) is 0 Å². The summed E-state index contributed by atoms with van der Waals surface area (Å²) < 4.78 is 0. The first-order valence-electron chi connectivity index (χ1n) is 13.1. The fourth-order valence-corrected chi connectivity index (χ4v) is 6.14. The van der Waals surface area contributed by atoms with Crippen LogP contribution < -0.4 is 5.73 Å². The number of carbonyl (C=O) groups is 3. The summed E-state index contributed by atoms with van der Waals surface area (Å²) in [5, 5.41) is 0. The lowest BCUT2D eigenvalue weighted by Gasteiger charge is -2.38. The number of nitrogens with two attached hydrogens (primary N) is 1. The molecule has 37 heavy (non-hydrogen) atoms. The van der Waals surface area contributed by atoms with Crippen molar-refractivity contribution >= 4 is 17.7 Å². The van der Waals surface area contributed by atoms with E-state index in [0.717, 1.165) is 29.5 Å². The van der Waals surface area contributed by atoms with E-state index in [1.54, 1.807) is 9.80 Å². The van der Waals surface area contributed by atoms with Crippen molar-refractivity contribution in [2.75, 3.05) is 13.1 Å². The van der Waals surface area contributed by atoms with Crippen molar-refractivity contribution in [3.63, 3.8) is 0 Å². The smallest absolute Gasteiger partial charge is 0.246 e. The minimum absolute atomic E-state index is 0.0674. The van der Waals surface area contributed by atoms with Crippen LogP contribution in [-0.2, 0) is 19.8 Å². The van der Waals surface area contributed by atoms with Crippen LogP contribution in [0.25, 0.3) is 0 Å². The highest BCUT2D eigenvalue weighted by Gasteiger charge is 2.45. The van der Waals surface area contributed by atoms with E-state index in [2.05, 4.69) is 36.4 Å². The van der Waals surface area contributed by atoms with Crippen molar-refractivity contribution in [1.29, 1.82) is 0 Å². The average molecular weight is 496 g/mol. The zero-order valence-corrected chi connectivity index (χ0v) is 21.0. The van der Waals surface area contributed by atoms with E-state index >= 15 is 0 Å². The zero-order valence-electron chi connectivity index (χ0n) is 21.0. The molecule has 2 N–H and O–H groups in total. The van der Waals surface area contributed by atoms with Gasteiger partial charge < -0.3 is 15.5 Å². The largest absolute Gasteiger partial charge is 0.368 e. The third kappa shape index (κ3) is 4.64. The molecule has 0 radical (unpaired) electrons. The number of rotatable bonds is 7. The van der Waals surface area contributed by atoms with Crippen molar-refractivity contribution in [3.8, 4) is 0 Å². The maximum atomic E-state index is 14.2. The summed E-state index contributed by atoms with van der Waals surface area (Å²) in [6, 6.07) is 29.2. The van der Waals surface area contributed by atoms with Gasteiger partial charge in [0.15, 0.2) is 0 Å². The maximum absolute atomic E-state index is 14.2. The van der Waals surface area contributed by atoms with Gasteiger partial charge in [-0.25, -0.2) is 0 Å². The van der Waals surface area contributed by atoms with E-state index < -0.39 is 23.4 Å². The fourth-order valence-electron chi connectivity index (χ4n) is 6.14. The number of likely N-dealkylation sites (tertiary alicyclic amines) is 2. The molecular weight excluding hydrogens is 462 g/mol. The predicted molar refractivity (Wildman–Crippen MR) is 142 cm³/mol. The molecular formula is C31H33N3O3. The second kappa shape index (κ2) is 10.6. The molecule has 2 fully saturated rings. The summed E-state index contributed by atoms with van der Waals surface area (Å²) in [6.45, 7) is 1.03. The Morgan fingerprint density at radius 3 is 1.57 bits per heavy atom. The Labute approximate surface area is 218 Å². The topological polar surface area (TPSA) is 83.7 Å². The summed E-state index contributed by atoms with van der Waals surface area (Å²) in [4.78, 5) is 43.1. The number of benzene rings is 3. The van der Waals surface area contributed by atoms with Crippen molar-refractivity contribution in [2.45, 2.75) is 49.6 Å². The van der Waals surface area contributed by atoms with Gasteiger partial charge in [-0.1, -0.05) is 91.0 Å². The highest BCUT2D eigenvalue weighted by molar-refractivity contribution is 5.93. The second-order valence-corrected chi connectivity index (χ2v) is 10.0. The normalized spacial score (nSPS) is 19.7. The van der Waals surface area contributed by atoms with Crippen molar-refractivity contribution in [3.05, 3.63) is 108 Å². The minimum atomic E-state index is -0.722. The molecule has 5 rings (SSSR count). The molecule has 0 aromatic heterocycles. The molecule has 2 aliphatic rings. The van der Waals surface area contributed by atoms with Gasteiger partial charge in [0.05, 0.1) is 5.41 Å². The number of carbonyl (C=O) groups excluding carboxylic acids is 3. The highest BCUT2D eigenvalue weighted by Crippen LogP contribution is 2.43. The Bertz CT molecular complexity index is 1150. The summed E-state index contributed by atoms with van der Waals surface area (Å²) in [5.41, 5.74) is 7.93. The quantitative estimate of drug-likeness (QED) is 0.505. The molecule has 2 saturated heterocycles. The van der Waals surface area contributed by atoms with E-state index in [0.29, 0.717) is 25.9 Å². The van der Waals surface area contributed by atoms with Crippen LogP contribution in [0, 0.1) is 0 Å². The molecule has 6 nitrogen and oxygen atoms in total. The van der Waals surface area contributed by atoms with Crippen molar-refractivity contribution in [2.24, 2.45) is 5.73 Å². The fraction of sp³-hybridized carbons (Fsp3) is 0.323. The molecule has 0 saturated carbocycles. The molecule has 0 bridgehead atoms. The minimum Gasteiger partial charge on any atom is -0.368 e. The Morgan fingerprint density at radius 2 is 1.11 bits per heavy atom. The van der Waals surface area contributed by atoms with Crippen LogP contribution in [0.15, 0.2) is 91.0 Å². The molecule has 6 heteroatoms. The standard InChI is InChI=1S/C31H33N3O3/c32-29(36)26-18-10-21-34(26)30(37)27-19-11-20-33(27)28(35)22-31(23-12-4-1-5-13-23,24-14-6-2-7-15-24)25-16-8-3-9-17-25/h1-9,12-17,26-27H,10-11,18-22H2,(H2,32,36). The lowest BCUT2D eigenvalue weighted by atomic mass is 9.67. The molecule has 2 aliphatic heterocycles. The third-order valence-electron chi connectivity index (χ3n) is 7.94. The van der Waals surface area contributed by atoms with E-state index in [1.165, 1.54) is 0 Å². The lowest BCUT2D eigenvalue weighted by Crippen LogP contribution is -2.52. The predicted octanol–water partition coefficient (Wildman–Crippen LogP) is 3.88. The SMILES string of the molecule is NC(=O)C1CCCN1C(=O)C1CCCN1C(=O)CC(c1ccccc1)(c1ccccc1)c1ccccc1. The summed E-state index contributed by atoms with van der Waals surface area (Å²) in [7, 11) is 0. The zero-order chi connectivity index (χ0) is 25.8. The number of amides is 3. The molecule has 190 valence electrons. The number of nitrogens with zero attached hydrogens (tertiary/aromatic N) is 2.